The normalized spacial score (nSPS) is 18.8. The number of nitrogens with zero attached hydrogens (tertiary/aromatic N) is 1. The predicted octanol–water partition coefficient (Wildman–Crippen LogP) is 2.32. The van der Waals surface area contributed by atoms with Gasteiger partial charge in [-0.25, -0.2) is 0 Å². The van der Waals surface area contributed by atoms with Crippen molar-refractivity contribution in [2.24, 2.45) is 5.84 Å². The molecule has 0 bridgehead atoms. The molecule has 18 heavy (non-hydrogen) atoms. The van der Waals surface area contributed by atoms with Crippen LogP contribution in [0.3, 0.4) is 0 Å². The van der Waals surface area contributed by atoms with Crippen LogP contribution in [0.15, 0.2) is 48.7 Å². The molecule has 1 aliphatic carbocycles. The number of rotatable bonds is 4. The van der Waals surface area contributed by atoms with Gasteiger partial charge >= 0.3 is 0 Å². The summed E-state index contributed by atoms with van der Waals surface area (Å²) in [7, 11) is 0. The van der Waals surface area contributed by atoms with Crippen LogP contribution in [0.5, 0.6) is 0 Å². The molecule has 0 radical (unpaired) electrons. The highest BCUT2D eigenvalue weighted by Crippen LogP contribution is 2.40. The Morgan fingerprint density at radius 1 is 1.22 bits per heavy atom. The highest BCUT2D eigenvalue weighted by atomic mass is 15.2. The van der Waals surface area contributed by atoms with Crippen molar-refractivity contribution in [3.63, 3.8) is 0 Å². The summed E-state index contributed by atoms with van der Waals surface area (Å²) in [5.74, 6) is 6.26. The van der Waals surface area contributed by atoms with E-state index >= 15 is 0 Å². The Kier molecular flexibility index (Phi) is 3.09. The molecule has 3 N–H and O–H groups in total. The van der Waals surface area contributed by atoms with Crippen LogP contribution in [0.1, 0.15) is 35.2 Å². The monoisotopic (exact) mass is 239 g/mol. The molecule has 0 amide bonds. The number of fused-ring (bicyclic) bond motifs is 1. The van der Waals surface area contributed by atoms with Gasteiger partial charge in [0.15, 0.2) is 0 Å². The van der Waals surface area contributed by atoms with Crippen molar-refractivity contribution in [3.8, 4) is 0 Å². The second kappa shape index (κ2) is 4.88. The largest absolute Gasteiger partial charge is 0.271 e. The Morgan fingerprint density at radius 2 is 2.06 bits per heavy atom. The number of hydrogen-bond acceptors (Lipinski definition) is 3. The van der Waals surface area contributed by atoms with Crippen LogP contribution in [0.4, 0.5) is 0 Å². The molecule has 2 atom stereocenters. The lowest BCUT2D eigenvalue weighted by Crippen LogP contribution is -2.32. The van der Waals surface area contributed by atoms with E-state index < -0.39 is 0 Å². The lowest BCUT2D eigenvalue weighted by molar-refractivity contribution is 0.428. The first-order valence-electron chi connectivity index (χ1n) is 6.33. The molecule has 2 unspecified atom stereocenters. The van der Waals surface area contributed by atoms with Crippen molar-refractivity contribution in [3.05, 3.63) is 65.5 Å². The highest BCUT2D eigenvalue weighted by Gasteiger charge is 2.28. The Morgan fingerprint density at radius 3 is 2.78 bits per heavy atom. The molecule has 1 heterocycles. The first-order valence-corrected chi connectivity index (χ1v) is 6.33. The fourth-order valence-corrected chi connectivity index (χ4v) is 2.71. The minimum Gasteiger partial charge on any atom is -0.271 e. The zero-order chi connectivity index (χ0) is 12.4. The number of hydrazine groups is 1. The van der Waals surface area contributed by atoms with Crippen LogP contribution in [0.2, 0.25) is 0 Å². The first-order chi connectivity index (χ1) is 8.88. The van der Waals surface area contributed by atoms with Crippen molar-refractivity contribution in [2.45, 2.75) is 24.8 Å². The maximum absolute atomic E-state index is 5.66. The summed E-state index contributed by atoms with van der Waals surface area (Å²) in [4.78, 5) is 4.37. The number of benzene rings is 1. The third-order valence-corrected chi connectivity index (χ3v) is 3.73. The Hall–Kier alpha value is -1.71. The number of nitrogens with two attached hydrogens (primary N) is 1. The van der Waals surface area contributed by atoms with Gasteiger partial charge in [0.25, 0.3) is 0 Å². The molecule has 1 aromatic heterocycles. The van der Waals surface area contributed by atoms with Crippen LogP contribution in [0.25, 0.3) is 0 Å². The quantitative estimate of drug-likeness (QED) is 0.636. The van der Waals surface area contributed by atoms with E-state index in [4.69, 9.17) is 5.84 Å². The summed E-state index contributed by atoms with van der Waals surface area (Å²) in [6.45, 7) is 0. The smallest absolute Gasteiger partial charge is 0.0638 e. The Bertz CT molecular complexity index is 524. The van der Waals surface area contributed by atoms with E-state index in [1.807, 2.05) is 24.4 Å². The van der Waals surface area contributed by atoms with Crippen molar-refractivity contribution in [1.29, 1.82) is 0 Å². The van der Waals surface area contributed by atoms with E-state index in [0.717, 1.165) is 18.5 Å². The summed E-state index contributed by atoms with van der Waals surface area (Å²) in [6.07, 6.45) is 3.97. The van der Waals surface area contributed by atoms with Gasteiger partial charge in [-0.05, 0) is 42.0 Å². The molecule has 1 aliphatic rings. The molecular weight excluding hydrogens is 222 g/mol. The summed E-state index contributed by atoms with van der Waals surface area (Å²) in [6, 6.07) is 14.7. The summed E-state index contributed by atoms with van der Waals surface area (Å²) in [5, 5.41) is 0. The van der Waals surface area contributed by atoms with Crippen molar-refractivity contribution in [1.82, 2.24) is 10.4 Å². The van der Waals surface area contributed by atoms with E-state index in [-0.39, 0.29) is 6.04 Å². The van der Waals surface area contributed by atoms with E-state index in [1.165, 1.54) is 11.1 Å². The molecule has 3 rings (SSSR count). The second-order valence-corrected chi connectivity index (χ2v) is 4.81. The van der Waals surface area contributed by atoms with Crippen molar-refractivity contribution >= 4 is 0 Å². The van der Waals surface area contributed by atoms with Crippen LogP contribution in [0, 0.1) is 0 Å². The number of pyridine rings is 1. The van der Waals surface area contributed by atoms with Gasteiger partial charge in [0.05, 0.1) is 11.7 Å². The topological polar surface area (TPSA) is 50.9 Å². The van der Waals surface area contributed by atoms with Crippen LogP contribution < -0.4 is 11.3 Å². The van der Waals surface area contributed by atoms with Gasteiger partial charge in [-0.1, -0.05) is 30.3 Å². The standard InChI is InChI=1S/C15H17N3/c16-18-15(14-7-3-4-8-17-14)10-12-9-11-5-1-2-6-13(11)12/h1-8,12,15,18H,9-10,16H2. The van der Waals surface area contributed by atoms with Gasteiger partial charge in [0.1, 0.15) is 0 Å². The van der Waals surface area contributed by atoms with Gasteiger partial charge in [-0.3, -0.25) is 16.3 Å². The molecule has 3 nitrogen and oxygen atoms in total. The maximum atomic E-state index is 5.66. The Labute approximate surface area is 107 Å². The fraction of sp³-hybridized carbons (Fsp3) is 0.267. The number of aromatic nitrogens is 1. The van der Waals surface area contributed by atoms with Gasteiger partial charge < -0.3 is 0 Å². The lowest BCUT2D eigenvalue weighted by Gasteiger charge is -2.32. The summed E-state index contributed by atoms with van der Waals surface area (Å²) >= 11 is 0. The number of nitrogens with one attached hydrogen (secondary N) is 1. The zero-order valence-corrected chi connectivity index (χ0v) is 10.2. The van der Waals surface area contributed by atoms with E-state index in [9.17, 15) is 0 Å². The number of hydrogen-bond donors (Lipinski definition) is 2. The van der Waals surface area contributed by atoms with Crippen LogP contribution >= 0.6 is 0 Å². The predicted molar refractivity (Wildman–Crippen MR) is 71.8 cm³/mol. The molecule has 0 saturated carbocycles. The van der Waals surface area contributed by atoms with Gasteiger partial charge in [-0.2, -0.15) is 0 Å². The highest BCUT2D eigenvalue weighted by molar-refractivity contribution is 5.40. The molecule has 1 aromatic carbocycles. The van der Waals surface area contributed by atoms with Crippen LogP contribution in [-0.4, -0.2) is 4.98 Å². The molecule has 0 saturated heterocycles. The van der Waals surface area contributed by atoms with Crippen LogP contribution in [-0.2, 0) is 6.42 Å². The third-order valence-electron chi connectivity index (χ3n) is 3.73. The van der Waals surface area contributed by atoms with Gasteiger partial charge in [0, 0.05) is 6.20 Å². The van der Waals surface area contributed by atoms with E-state index in [0.29, 0.717) is 5.92 Å². The first kappa shape index (κ1) is 11.4. The molecule has 0 aliphatic heterocycles. The van der Waals surface area contributed by atoms with Gasteiger partial charge in [0.2, 0.25) is 0 Å². The summed E-state index contributed by atoms with van der Waals surface area (Å²) in [5.41, 5.74) is 6.84. The minimum absolute atomic E-state index is 0.129. The summed E-state index contributed by atoms with van der Waals surface area (Å²) < 4.78 is 0. The molecule has 0 fully saturated rings. The van der Waals surface area contributed by atoms with Crippen molar-refractivity contribution < 1.29 is 0 Å². The molecule has 2 aromatic rings. The molecule has 92 valence electrons. The van der Waals surface area contributed by atoms with E-state index in [1.54, 1.807) is 0 Å². The molecular formula is C15H17N3. The Balaban J connectivity index is 1.74. The fourth-order valence-electron chi connectivity index (χ4n) is 2.71. The molecule has 0 spiro atoms. The van der Waals surface area contributed by atoms with Crippen molar-refractivity contribution in [2.75, 3.05) is 0 Å². The molecule has 3 heteroatoms. The average molecular weight is 239 g/mol. The minimum atomic E-state index is 0.129. The third kappa shape index (κ3) is 2.03. The average Bonchev–Trinajstić information content (AvgIpc) is 2.41. The lowest BCUT2D eigenvalue weighted by atomic mass is 9.74. The SMILES string of the molecule is NNC(CC1Cc2ccccc21)c1ccccn1. The van der Waals surface area contributed by atoms with Gasteiger partial charge in [-0.15, -0.1) is 0 Å². The second-order valence-electron chi connectivity index (χ2n) is 4.81. The van der Waals surface area contributed by atoms with E-state index in [2.05, 4.69) is 34.7 Å². The zero-order valence-electron chi connectivity index (χ0n) is 10.2. The maximum Gasteiger partial charge on any atom is 0.0638 e.